The number of hydrogen-bond donors (Lipinski definition) is 0. The van der Waals surface area contributed by atoms with E-state index in [9.17, 15) is 0 Å². The van der Waals surface area contributed by atoms with Gasteiger partial charge in [-0.25, -0.2) is 0 Å². The van der Waals surface area contributed by atoms with Crippen molar-refractivity contribution in [1.82, 2.24) is 0 Å². The van der Waals surface area contributed by atoms with Gasteiger partial charge in [-0.3, -0.25) is 0 Å². The SMILES string of the molecule is [CH2]C#CCCC(C)CCC. The van der Waals surface area contributed by atoms with Crippen molar-refractivity contribution in [2.75, 3.05) is 0 Å². The lowest BCUT2D eigenvalue weighted by atomic mass is 10.0. The van der Waals surface area contributed by atoms with Gasteiger partial charge in [-0.2, -0.15) is 0 Å². The molecule has 0 amide bonds. The third-order valence-corrected chi connectivity index (χ3v) is 1.67. The van der Waals surface area contributed by atoms with Gasteiger partial charge >= 0.3 is 0 Å². The largest absolute Gasteiger partial charge is 0.103 e. The van der Waals surface area contributed by atoms with E-state index in [2.05, 4.69) is 32.6 Å². The van der Waals surface area contributed by atoms with Gasteiger partial charge in [0.15, 0.2) is 0 Å². The Labute approximate surface area is 65.0 Å². The van der Waals surface area contributed by atoms with E-state index < -0.39 is 0 Å². The van der Waals surface area contributed by atoms with Crippen LogP contribution in [0.15, 0.2) is 0 Å². The molecule has 57 valence electrons. The van der Waals surface area contributed by atoms with E-state index in [0.717, 1.165) is 12.3 Å². The van der Waals surface area contributed by atoms with Gasteiger partial charge in [0, 0.05) is 13.3 Å². The van der Waals surface area contributed by atoms with E-state index in [0.29, 0.717) is 0 Å². The molecule has 0 heteroatoms. The first-order valence-corrected chi connectivity index (χ1v) is 4.06. The number of hydrogen-bond acceptors (Lipinski definition) is 0. The van der Waals surface area contributed by atoms with Crippen LogP contribution in [0.3, 0.4) is 0 Å². The summed E-state index contributed by atoms with van der Waals surface area (Å²) in [5.74, 6) is 6.48. The van der Waals surface area contributed by atoms with E-state index in [1.165, 1.54) is 19.3 Å². The first kappa shape index (κ1) is 9.56. The molecule has 1 radical (unpaired) electrons. The fourth-order valence-corrected chi connectivity index (χ4v) is 1.04. The molecule has 0 aliphatic carbocycles. The highest BCUT2D eigenvalue weighted by atomic mass is 14.0. The lowest BCUT2D eigenvalue weighted by Crippen LogP contribution is -1.91. The molecule has 0 heterocycles. The van der Waals surface area contributed by atoms with Gasteiger partial charge in [0.2, 0.25) is 0 Å². The van der Waals surface area contributed by atoms with Crippen LogP contribution in [0, 0.1) is 24.7 Å². The molecule has 0 aliphatic rings. The first-order chi connectivity index (χ1) is 4.81. The second-order valence-corrected chi connectivity index (χ2v) is 2.79. The molecule has 0 saturated heterocycles. The fraction of sp³-hybridized carbons (Fsp3) is 0.700. The van der Waals surface area contributed by atoms with Crippen LogP contribution in [0.2, 0.25) is 0 Å². The molecule has 0 rings (SSSR count). The van der Waals surface area contributed by atoms with Gasteiger partial charge in [-0.15, -0.1) is 11.8 Å². The van der Waals surface area contributed by atoms with E-state index >= 15 is 0 Å². The molecular weight excluding hydrogens is 120 g/mol. The number of rotatable bonds is 4. The summed E-state index contributed by atoms with van der Waals surface area (Å²) in [7, 11) is 0. The van der Waals surface area contributed by atoms with Crippen LogP contribution in [0.25, 0.3) is 0 Å². The zero-order valence-corrected chi connectivity index (χ0v) is 7.11. The summed E-state index contributed by atoms with van der Waals surface area (Å²) < 4.78 is 0. The fourth-order valence-electron chi connectivity index (χ4n) is 1.04. The topological polar surface area (TPSA) is 0 Å². The van der Waals surface area contributed by atoms with Crippen LogP contribution in [-0.4, -0.2) is 0 Å². The molecule has 0 spiro atoms. The van der Waals surface area contributed by atoms with E-state index in [4.69, 9.17) is 0 Å². The molecule has 1 unspecified atom stereocenters. The molecule has 0 nitrogen and oxygen atoms in total. The maximum absolute atomic E-state index is 3.47. The Hall–Kier alpha value is -0.440. The highest BCUT2D eigenvalue weighted by molar-refractivity contribution is 5.01. The normalized spacial score (nSPS) is 11.9. The predicted molar refractivity (Wildman–Crippen MR) is 46.4 cm³/mol. The van der Waals surface area contributed by atoms with Gasteiger partial charge in [-0.05, 0) is 12.3 Å². The molecule has 0 fully saturated rings. The van der Waals surface area contributed by atoms with Crippen molar-refractivity contribution < 1.29 is 0 Å². The maximum Gasteiger partial charge on any atom is 0.0198 e. The van der Waals surface area contributed by atoms with Crippen molar-refractivity contribution in [2.24, 2.45) is 5.92 Å². The average Bonchev–Trinajstić information content (AvgIpc) is 1.89. The Bertz CT molecular complexity index is 114. The van der Waals surface area contributed by atoms with E-state index in [1.54, 1.807) is 0 Å². The summed E-state index contributed by atoms with van der Waals surface area (Å²) in [6.45, 7) is 7.98. The summed E-state index contributed by atoms with van der Waals surface area (Å²) in [6, 6.07) is 0. The Morgan fingerprint density at radius 2 is 2.10 bits per heavy atom. The highest BCUT2D eigenvalue weighted by Crippen LogP contribution is 2.10. The molecule has 0 aliphatic heterocycles. The van der Waals surface area contributed by atoms with Gasteiger partial charge in [0.25, 0.3) is 0 Å². The van der Waals surface area contributed by atoms with E-state index in [-0.39, 0.29) is 0 Å². The lowest BCUT2D eigenvalue weighted by molar-refractivity contribution is 0.494. The molecule has 0 N–H and O–H groups in total. The molecule has 10 heavy (non-hydrogen) atoms. The molecule has 0 bridgehead atoms. The van der Waals surface area contributed by atoms with Crippen LogP contribution in [-0.2, 0) is 0 Å². The van der Waals surface area contributed by atoms with Crippen molar-refractivity contribution in [3.05, 3.63) is 6.92 Å². The Balaban J connectivity index is 3.18. The molecule has 0 aromatic carbocycles. The van der Waals surface area contributed by atoms with Gasteiger partial charge in [-0.1, -0.05) is 26.7 Å². The van der Waals surface area contributed by atoms with Crippen molar-refractivity contribution in [3.63, 3.8) is 0 Å². The van der Waals surface area contributed by atoms with Gasteiger partial charge in [0.05, 0.1) is 0 Å². The van der Waals surface area contributed by atoms with Crippen LogP contribution in [0.1, 0.15) is 39.5 Å². The van der Waals surface area contributed by atoms with Gasteiger partial charge < -0.3 is 0 Å². The second kappa shape index (κ2) is 6.68. The minimum absolute atomic E-state index is 0.839. The second-order valence-electron chi connectivity index (χ2n) is 2.79. The van der Waals surface area contributed by atoms with Crippen LogP contribution >= 0.6 is 0 Å². The lowest BCUT2D eigenvalue weighted by Gasteiger charge is -2.05. The zero-order chi connectivity index (χ0) is 7.82. The van der Waals surface area contributed by atoms with Crippen molar-refractivity contribution in [1.29, 1.82) is 0 Å². The summed E-state index contributed by atoms with van der Waals surface area (Å²) in [6.07, 6.45) is 4.87. The van der Waals surface area contributed by atoms with Crippen LogP contribution in [0.4, 0.5) is 0 Å². The van der Waals surface area contributed by atoms with Crippen LogP contribution < -0.4 is 0 Å². The molecule has 0 aromatic heterocycles. The third kappa shape index (κ3) is 5.69. The predicted octanol–water partition coefficient (Wildman–Crippen LogP) is 3.04. The van der Waals surface area contributed by atoms with Crippen molar-refractivity contribution in [2.45, 2.75) is 39.5 Å². The summed E-state index contributed by atoms with van der Waals surface area (Å²) in [4.78, 5) is 0. The third-order valence-electron chi connectivity index (χ3n) is 1.67. The molecule has 0 aromatic rings. The van der Waals surface area contributed by atoms with E-state index in [1.807, 2.05) is 0 Å². The maximum atomic E-state index is 3.47. The zero-order valence-electron chi connectivity index (χ0n) is 7.11. The van der Waals surface area contributed by atoms with Crippen molar-refractivity contribution >= 4 is 0 Å². The smallest absolute Gasteiger partial charge is 0.0198 e. The monoisotopic (exact) mass is 137 g/mol. The quantitative estimate of drug-likeness (QED) is 0.522. The summed E-state index contributed by atoms with van der Waals surface area (Å²) in [5, 5.41) is 0. The Morgan fingerprint density at radius 3 is 2.60 bits per heavy atom. The van der Waals surface area contributed by atoms with Gasteiger partial charge in [0.1, 0.15) is 0 Å². The molecule has 0 saturated carbocycles. The average molecular weight is 137 g/mol. The molecular formula is C10H17. The molecule has 1 atom stereocenters. The standard InChI is InChI=1S/C10H17/c1-4-6-7-9-10(3)8-5-2/h10H,1,5,7-9H2,2-3H3. The summed E-state index contributed by atoms with van der Waals surface area (Å²) in [5.41, 5.74) is 0. The highest BCUT2D eigenvalue weighted by Gasteiger charge is 1.97. The summed E-state index contributed by atoms with van der Waals surface area (Å²) >= 11 is 0. The minimum atomic E-state index is 0.839. The van der Waals surface area contributed by atoms with Crippen molar-refractivity contribution in [3.8, 4) is 11.8 Å². The first-order valence-electron chi connectivity index (χ1n) is 4.06. The van der Waals surface area contributed by atoms with Crippen LogP contribution in [0.5, 0.6) is 0 Å². The Morgan fingerprint density at radius 1 is 1.40 bits per heavy atom. The Kier molecular flexibility index (Phi) is 6.38. The minimum Gasteiger partial charge on any atom is -0.103 e.